The van der Waals surface area contributed by atoms with Crippen molar-refractivity contribution in [2.75, 3.05) is 5.32 Å². The molecular weight excluding hydrogens is 312 g/mol. The molecule has 2 aromatic rings. The Kier molecular flexibility index (Phi) is 4.25. The van der Waals surface area contributed by atoms with Crippen LogP contribution in [-0.4, -0.2) is 4.98 Å². The number of hydrogen-bond donors (Lipinski definition) is 1. The number of aromatic nitrogens is 1. The van der Waals surface area contributed by atoms with Crippen molar-refractivity contribution in [3.8, 4) is 0 Å². The maximum atomic E-state index is 6.23. The lowest BCUT2D eigenvalue weighted by Crippen LogP contribution is -2.07. The zero-order valence-electron chi connectivity index (χ0n) is 10.2. The Balaban J connectivity index is 2.16. The van der Waals surface area contributed by atoms with Crippen LogP contribution in [0.25, 0.3) is 0 Å². The smallest absolute Gasteiger partial charge is 0.0531 e. The Morgan fingerprint density at radius 1 is 1.28 bits per heavy atom. The average Bonchev–Trinajstić information content (AvgIpc) is 2.32. The summed E-state index contributed by atoms with van der Waals surface area (Å²) in [7, 11) is 0. The molecule has 0 bridgehead atoms. The van der Waals surface area contributed by atoms with Crippen molar-refractivity contribution in [3.63, 3.8) is 0 Å². The monoisotopic (exact) mass is 324 g/mol. The largest absolute Gasteiger partial charge is 0.377 e. The lowest BCUT2D eigenvalue weighted by molar-refractivity contribution is 0.882. The van der Waals surface area contributed by atoms with Gasteiger partial charge in [0.15, 0.2) is 0 Å². The summed E-state index contributed by atoms with van der Waals surface area (Å²) in [5.74, 6) is 0. The van der Waals surface area contributed by atoms with Crippen molar-refractivity contribution in [3.05, 3.63) is 57.3 Å². The molecule has 1 heterocycles. The highest BCUT2D eigenvalue weighted by Crippen LogP contribution is 2.28. The Morgan fingerprint density at radius 3 is 2.67 bits per heavy atom. The Bertz CT molecular complexity index is 540. The van der Waals surface area contributed by atoms with E-state index in [1.807, 2.05) is 43.5 Å². The third kappa shape index (κ3) is 3.24. The molecule has 0 fully saturated rings. The minimum atomic E-state index is 0.134. The summed E-state index contributed by atoms with van der Waals surface area (Å²) >= 11 is 9.64. The highest BCUT2D eigenvalue weighted by molar-refractivity contribution is 9.10. The molecule has 0 aliphatic carbocycles. The summed E-state index contributed by atoms with van der Waals surface area (Å²) in [4.78, 5) is 4.26. The SMILES string of the molecule is Cc1ccc(NC(C)c2ccc(Br)cc2Cl)cn1. The van der Waals surface area contributed by atoms with Gasteiger partial charge in [-0.1, -0.05) is 33.6 Å². The molecule has 0 amide bonds. The Hall–Kier alpha value is -1.06. The molecular formula is C14H14BrClN2. The molecule has 1 aromatic heterocycles. The van der Waals surface area contributed by atoms with Gasteiger partial charge in [-0.2, -0.15) is 0 Å². The minimum absolute atomic E-state index is 0.134. The third-order valence-corrected chi connectivity index (χ3v) is 3.54. The maximum Gasteiger partial charge on any atom is 0.0531 e. The number of anilines is 1. The van der Waals surface area contributed by atoms with Gasteiger partial charge in [-0.15, -0.1) is 0 Å². The van der Waals surface area contributed by atoms with E-state index in [4.69, 9.17) is 11.6 Å². The van der Waals surface area contributed by atoms with Gasteiger partial charge < -0.3 is 5.32 Å². The van der Waals surface area contributed by atoms with E-state index in [2.05, 4.69) is 33.2 Å². The summed E-state index contributed by atoms with van der Waals surface area (Å²) in [5, 5.41) is 4.14. The zero-order valence-corrected chi connectivity index (χ0v) is 12.6. The predicted octanol–water partition coefficient (Wildman–Crippen LogP) is 4.98. The Labute approximate surface area is 121 Å². The van der Waals surface area contributed by atoms with Gasteiger partial charge in [-0.25, -0.2) is 0 Å². The van der Waals surface area contributed by atoms with E-state index in [9.17, 15) is 0 Å². The van der Waals surface area contributed by atoms with Crippen LogP contribution in [0.5, 0.6) is 0 Å². The van der Waals surface area contributed by atoms with Crippen molar-refractivity contribution in [1.29, 1.82) is 0 Å². The van der Waals surface area contributed by atoms with Crippen LogP contribution in [0.15, 0.2) is 41.0 Å². The molecule has 0 spiro atoms. The second-order valence-electron chi connectivity index (χ2n) is 4.22. The molecule has 0 radical (unpaired) electrons. The summed E-state index contributed by atoms with van der Waals surface area (Å²) < 4.78 is 0.987. The molecule has 0 saturated carbocycles. The van der Waals surface area contributed by atoms with Gasteiger partial charge >= 0.3 is 0 Å². The second kappa shape index (κ2) is 5.72. The molecule has 4 heteroatoms. The summed E-state index contributed by atoms with van der Waals surface area (Å²) in [6.07, 6.45) is 1.83. The van der Waals surface area contributed by atoms with E-state index in [1.54, 1.807) is 0 Å². The number of aryl methyl sites for hydroxylation is 1. The number of benzene rings is 1. The first-order valence-electron chi connectivity index (χ1n) is 5.70. The molecule has 1 aromatic carbocycles. The van der Waals surface area contributed by atoms with Crippen LogP contribution in [0, 0.1) is 6.92 Å². The summed E-state index contributed by atoms with van der Waals surface area (Å²) in [6, 6.07) is 10.1. The molecule has 2 rings (SSSR count). The molecule has 1 N–H and O–H groups in total. The van der Waals surface area contributed by atoms with E-state index in [0.717, 1.165) is 26.4 Å². The molecule has 2 nitrogen and oxygen atoms in total. The van der Waals surface area contributed by atoms with Crippen molar-refractivity contribution in [2.24, 2.45) is 0 Å². The quantitative estimate of drug-likeness (QED) is 0.861. The van der Waals surface area contributed by atoms with Gasteiger partial charge in [-0.3, -0.25) is 4.98 Å². The van der Waals surface area contributed by atoms with Crippen LogP contribution < -0.4 is 5.32 Å². The fourth-order valence-electron chi connectivity index (χ4n) is 1.73. The van der Waals surface area contributed by atoms with Crippen molar-refractivity contribution in [1.82, 2.24) is 4.98 Å². The number of nitrogens with zero attached hydrogens (tertiary/aromatic N) is 1. The zero-order chi connectivity index (χ0) is 13.1. The van der Waals surface area contributed by atoms with E-state index in [0.29, 0.717) is 0 Å². The topological polar surface area (TPSA) is 24.9 Å². The van der Waals surface area contributed by atoms with Gasteiger partial charge in [0.2, 0.25) is 0 Å². The van der Waals surface area contributed by atoms with Crippen LogP contribution in [-0.2, 0) is 0 Å². The molecule has 0 aliphatic heterocycles. The standard InChI is InChI=1S/C14H14BrClN2/c1-9-3-5-12(8-17-9)18-10(2)13-6-4-11(15)7-14(13)16/h3-8,10,18H,1-2H3. The molecule has 1 atom stereocenters. The molecule has 0 aliphatic rings. The first-order chi connectivity index (χ1) is 8.56. The summed E-state index contributed by atoms with van der Waals surface area (Å²) in [6.45, 7) is 4.05. The van der Waals surface area contributed by atoms with Crippen molar-refractivity contribution in [2.45, 2.75) is 19.9 Å². The number of nitrogens with one attached hydrogen (secondary N) is 1. The van der Waals surface area contributed by atoms with Gasteiger partial charge in [0.25, 0.3) is 0 Å². The van der Waals surface area contributed by atoms with Crippen LogP contribution in [0.3, 0.4) is 0 Å². The van der Waals surface area contributed by atoms with Gasteiger partial charge in [0, 0.05) is 15.2 Å². The average molecular weight is 326 g/mol. The lowest BCUT2D eigenvalue weighted by Gasteiger charge is -2.17. The van der Waals surface area contributed by atoms with E-state index in [1.165, 1.54) is 0 Å². The van der Waals surface area contributed by atoms with Gasteiger partial charge in [0.1, 0.15) is 0 Å². The number of hydrogen-bond acceptors (Lipinski definition) is 2. The minimum Gasteiger partial charge on any atom is -0.377 e. The van der Waals surface area contributed by atoms with E-state index < -0.39 is 0 Å². The van der Waals surface area contributed by atoms with Crippen LogP contribution >= 0.6 is 27.5 Å². The summed E-state index contributed by atoms with van der Waals surface area (Å²) in [5.41, 5.74) is 3.07. The number of halogens is 2. The van der Waals surface area contributed by atoms with Crippen LogP contribution in [0.1, 0.15) is 24.2 Å². The third-order valence-electron chi connectivity index (χ3n) is 2.72. The van der Waals surface area contributed by atoms with Crippen molar-refractivity contribution < 1.29 is 0 Å². The fourth-order valence-corrected chi connectivity index (χ4v) is 2.57. The van der Waals surface area contributed by atoms with Crippen molar-refractivity contribution >= 4 is 33.2 Å². The van der Waals surface area contributed by atoms with E-state index in [-0.39, 0.29) is 6.04 Å². The highest BCUT2D eigenvalue weighted by atomic mass is 79.9. The normalized spacial score (nSPS) is 12.2. The van der Waals surface area contributed by atoms with E-state index >= 15 is 0 Å². The molecule has 18 heavy (non-hydrogen) atoms. The molecule has 1 unspecified atom stereocenters. The predicted molar refractivity (Wildman–Crippen MR) is 80.2 cm³/mol. The highest BCUT2D eigenvalue weighted by Gasteiger charge is 2.09. The van der Waals surface area contributed by atoms with Crippen LogP contribution in [0.2, 0.25) is 5.02 Å². The van der Waals surface area contributed by atoms with Gasteiger partial charge in [-0.05, 0) is 43.7 Å². The fraction of sp³-hybridized carbons (Fsp3) is 0.214. The molecule has 94 valence electrons. The first kappa shape index (κ1) is 13.4. The maximum absolute atomic E-state index is 6.23. The number of pyridine rings is 1. The van der Waals surface area contributed by atoms with Gasteiger partial charge in [0.05, 0.1) is 17.9 Å². The lowest BCUT2D eigenvalue weighted by atomic mass is 10.1. The first-order valence-corrected chi connectivity index (χ1v) is 6.87. The van der Waals surface area contributed by atoms with Crippen LogP contribution in [0.4, 0.5) is 5.69 Å². The molecule has 0 saturated heterocycles. The second-order valence-corrected chi connectivity index (χ2v) is 5.54. The Morgan fingerprint density at radius 2 is 2.06 bits per heavy atom. The number of rotatable bonds is 3.